The lowest BCUT2D eigenvalue weighted by Gasteiger charge is -2.20. The fourth-order valence-corrected chi connectivity index (χ4v) is 5.69. The average Bonchev–Trinajstić information content (AvgIpc) is 3.05. The number of sulfonamides is 1. The molecule has 0 bridgehead atoms. The molecule has 3 aromatic rings. The van der Waals surface area contributed by atoms with Crippen LogP contribution in [0.4, 0.5) is 9.52 Å². The molecule has 9 heteroatoms. The van der Waals surface area contributed by atoms with Gasteiger partial charge in [-0.1, -0.05) is 12.8 Å². The van der Waals surface area contributed by atoms with Gasteiger partial charge in [0.2, 0.25) is 10.0 Å². The van der Waals surface area contributed by atoms with Crippen LogP contribution >= 0.6 is 11.3 Å². The first-order valence-corrected chi connectivity index (χ1v) is 12.4. The number of nitrogens with one attached hydrogen (secondary N) is 1. The Kier molecular flexibility index (Phi) is 6.45. The maximum absolute atomic E-state index is 13.1. The fourth-order valence-electron chi connectivity index (χ4n) is 3.46. The molecule has 0 radical (unpaired) electrons. The molecule has 4 rings (SSSR count). The molecular weight excluding hydrogens is 437 g/mol. The second kappa shape index (κ2) is 9.25. The molecule has 1 fully saturated rings. The Morgan fingerprint density at radius 1 is 0.968 bits per heavy atom. The highest BCUT2D eigenvalue weighted by molar-refractivity contribution is 7.89. The first-order valence-electron chi connectivity index (χ1n) is 10.1. The molecule has 0 atom stereocenters. The number of aromatic nitrogens is 1. The maximum Gasteiger partial charge on any atom is 0.257 e. The SMILES string of the molecule is O=C(Nc1nc(-c2ccc(F)cc2)cs1)c1ccc(S(=O)(=O)N2CCCCCC2)cc1. The summed E-state index contributed by atoms with van der Waals surface area (Å²) in [4.78, 5) is 17.1. The largest absolute Gasteiger partial charge is 0.298 e. The van der Waals surface area contributed by atoms with E-state index >= 15 is 0 Å². The molecular formula is C22H22FN3O3S2. The first kappa shape index (κ1) is 21.6. The Bertz CT molecular complexity index is 1150. The summed E-state index contributed by atoms with van der Waals surface area (Å²) in [6.45, 7) is 1.07. The molecule has 0 saturated carbocycles. The number of carbonyl (C=O) groups excluding carboxylic acids is 1. The molecule has 1 aromatic heterocycles. The van der Waals surface area contributed by atoms with Crippen LogP contribution in [-0.4, -0.2) is 36.7 Å². The summed E-state index contributed by atoms with van der Waals surface area (Å²) in [5, 5.41) is 4.91. The van der Waals surface area contributed by atoms with E-state index in [1.54, 1.807) is 17.5 Å². The van der Waals surface area contributed by atoms with Gasteiger partial charge in [0, 0.05) is 29.6 Å². The number of hydrogen-bond donors (Lipinski definition) is 1. The van der Waals surface area contributed by atoms with Crippen molar-refractivity contribution in [2.45, 2.75) is 30.6 Å². The van der Waals surface area contributed by atoms with E-state index in [1.165, 1.54) is 52.0 Å². The topological polar surface area (TPSA) is 79.4 Å². The Labute approximate surface area is 184 Å². The Hall–Kier alpha value is -2.62. The molecule has 31 heavy (non-hydrogen) atoms. The van der Waals surface area contributed by atoms with E-state index in [-0.39, 0.29) is 16.6 Å². The van der Waals surface area contributed by atoms with Gasteiger partial charge in [-0.05, 0) is 61.4 Å². The van der Waals surface area contributed by atoms with Gasteiger partial charge in [-0.15, -0.1) is 11.3 Å². The molecule has 0 spiro atoms. The highest BCUT2D eigenvalue weighted by atomic mass is 32.2. The van der Waals surface area contributed by atoms with E-state index in [2.05, 4.69) is 10.3 Å². The van der Waals surface area contributed by atoms with Crippen LogP contribution in [0.15, 0.2) is 58.8 Å². The predicted molar refractivity (Wildman–Crippen MR) is 119 cm³/mol. The summed E-state index contributed by atoms with van der Waals surface area (Å²) in [7, 11) is -3.55. The summed E-state index contributed by atoms with van der Waals surface area (Å²) < 4.78 is 40.3. The van der Waals surface area contributed by atoms with Crippen molar-refractivity contribution in [1.82, 2.24) is 9.29 Å². The van der Waals surface area contributed by atoms with Crippen LogP contribution in [0.2, 0.25) is 0 Å². The minimum Gasteiger partial charge on any atom is -0.298 e. The van der Waals surface area contributed by atoms with Crippen LogP contribution in [0.5, 0.6) is 0 Å². The lowest BCUT2D eigenvalue weighted by atomic mass is 10.2. The van der Waals surface area contributed by atoms with Crippen LogP contribution in [0.3, 0.4) is 0 Å². The van der Waals surface area contributed by atoms with E-state index in [4.69, 9.17) is 0 Å². The number of hydrogen-bond acceptors (Lipinski definition) is 5. The zero-order valence-corrected chi connectivity index (χ0v) is 18.4. The second-order valence-electron chi connectivity index (χ2n) is 7.34. The zero-order valence-electron chi connectivity index (χ0n) is 16.8. The third kappa shape index (κ3) is 5.00. The molecule has 0 unspecified atom stereocenters. The van der Waals surface area contributed by atoms with Crippen LogP contribution in [0, 0.1) is 5.82 Å². The van der Waals surface area contributed by atoms with Crippen molar-refractivity contribution in [3.8, 4) is 11.3 Å². The van der Waals surface area contributed by atoms with Crippen LogP contribution in [0.1, 0.15) is 36.0 Å². The van der Waals surface area contributed by atoms with Crippen molar-refractivity contribution in [2.24, 2.45) is 0 Å². The molecule has 1 aliphatic rings. The van der Waals surface area contributed by atoms with Gasteiger partial charge in [0.05, 0.1) is 10.6 Å². The molecule has 6 nitrogen and oxygen atoms in total. The van der Waals surface area contributed by atoms with Gasteiger partial charge in [0.1, 0.15) is 5.82 Å². The van der Waals surface area contributed by atoms with Crippen LogP contribution in [0.25, 0.3) is 11.3 Å². The molecule has 1 N–H and O–H groups in total. The van der Waals surface area contributed by atoms with Gasteiger partial charge in [-0.25, -0.2) is 17.8 Å². The minimum absolute atomic E-state index is 0.193. The fraction of sp³-hybridized carbons (Fsp3) is 0.273. The highest BCUT2D eigenvalue weighted by Crippen LogP contribution is 2.26. The van der Waals surface area contributed by atoms with E-state index in [1.807, 2.05) is 0 Å². The predicted octanol–water partition coefficient (Wildman–Crippen LogP) is 4.77. The quantitative estimate of drug-likeness (QED) is 0.596. The van der Waals surface area contributed by atoms with Gasteiger partial charge in [-0.2, -0.15) is 4.31 Å². The Balaban J connectivity index is 1.44. The molecule has 0 aliphatic carbocycles. The standard InChI is InChI=1S/C22H22FN3O3S2/c23-18-9-5-16(6-10-18)20-15-30-22(24-20)25-21(27)17-7-11-19(12-8-17)31(28,29)26-13-3-1-2-4-14-26/h5-12,15H,1-4,13-14H2,(H,24,25,27). The van der Waals surface area contributed by atoms with Crippen molar-refractivity contribution in [2.75, 3.05) is 18.4 Å². The van der Waals surface area contributed by atoms with Gasteiger partial charge in [0.25, 0.3) is 5.91 Å². The lowest BCUT2D eigenvalue weighted by molar-refractivity contribution is 0.102. The summed E-state index contributed by atoms with van der Waals surface area (Å²) in [6, 6.07) is 11.9. The molecule has 1 aliphatic heterocycles. The Morgan fingerprint density at radius 3 is 2.26 bits per heavy atom. The molecule has 1 amide bonds. The summed E-state index contributed by atoms with van der Waals surface area (Å²) in [5.74, 6) is -0.701. The third-order valence-corrected chi connectivity index (χ3v) is 7.85. The lowest BCUT2D eigenvalue weighted by Crippen LogP contribution is -2.31. The van der Waals surface area contributed by atoms with Crippen molar-refractivity contribution in [3.63, 3.8) is 0 Å². The number of nitrogens with zero attached hydrogens (tertiary/aromatic N) is 2. The van der Waals surface area contributed by atoms with Gasteiger partial charge in [0.15, 0.2) is 5.13 Å². The number of anilines is 1. The third-order valence-electron chi connectivity index (χ3n) is 5.18. The number of thiazole rings is 1. The van der Waals surface area contributed by atoms with E-state index in [9.17, 15) is 17.6 Å². The molecule has 1 saturated heterocycles. The van der Waals surface area contributed by atoms with Crippen LogP contribution in [-0.2, 0) is 10.0 Å². The number of amides is 1. The second-order valence-corrected chi connectivity index (χ2v) is 10.1. The summed E-state index contributed by atoms with van der Waals surface area (Å²) in [6.07, 6.45) is 3.83. The van der Waals surface area contributed by atoms with Gasteiger partial charge >= 0.3 is 0 Å². The number of carbonyl (C=O) groups is 1. The van der Waals surface area contributed by atoms with Crippen molar-refractivity contribution in [1.29, 1.82) is 0 Å². The van der Waals surface area contributed by atoms with E-state index in [0.29, 0.717) is 29.5 Å². The number of rotatable bonds is 5. The highest BCUT2D eigenvalue weighted by Gasteiger charge is 2.25. The number of halogens is 1. The van der Waals surface area contributed by atoms with Crippen molar-refractivity contribution in [3.05, 3.63) is 65.3 Å². The van der Waals surface area contributed by atoms with Crippen molar-refractivity contribution >= 4 is 32.4 Å². The Morgan fingerprint density at radius 2 is 1.61 bits per heavy atom. The van der Waals surface area contributed by atoms with Crippen molar-refractivity contribution < 1.29 is 17.6 Å². The van der Waals surface area contributed by atoms with E-state index < -0.39 is 10.0 Å². The van der Waals surface area contributed by atoms with Gasteiger partial charge < -0.3 is 0 Å². The summed E-state index contributed by atoms with van der Waals surface area (Å²) >= 11 is 1.26. The minimum atomic E-state index is -3.55. The first-order chi connectivity index (χ1) is 14.9. The normalized spacial score (nSPS) is 15.4. The maximum atomic E-state index is 13.1. The number of benzene rings is 2. The van der Waals surface area contributed by atoms with Crippen LogP contribution < -0.4 is 5.32 Å². The van der Waals surface area contributed by atoms with E-state index in [0.717, 1.165) is 31.2 Å². The smallest absolute Gasteiger partial charge is 0.257 e. The monoisotopic (exact) mass is 459 g/mol. The molecule has 2 aromatic carbocycles. The molecule has 2 heterocycles. The van der Waals surface area contributed by atoms with Gasteiger partial charge in [-0.3, -0.25) is 10.1 Å². The average molecular weight is 460 g/mol. The zero-order chi connectivity index (χ0) is 21.8. The molecule has 162 valence electrons. The summed E-state index contributed by atoms with van der Waals surface area (Å²) in [5.41, 5.74) is 1.73.